The zero-order valence-corrected chi connectivity index (χ0v) is 13.1. The van der Waals surface area contributed by atoms with Crippen LogP contribution in [0.25, 0.3) is 11.4 Å². The van der Waals surface area contributed by atoms with Crippen molar-refractivity contribution in [1.29, 1.82) is 0 Å². The first kappa shape index (κ1) is 14.3. The molecule has 2 aromatic heterocycles. The molecule has 1 aromatic carbocycles. The zero-order valence-electron chi connectivity index (χ0n) is 13.1. The molecule has 0 aliphatic carbocycles. The van der Waals surface area contributed by atoms with Gasteiger partial charge in [-0.15, -0.1) is 0 Å². The second-order valence-electron chi connectivity index (χ2n) is 5.38. The van der Waals surface area contributed by atoms with E-state index in [0.29, 0.717) is 5.95 Å². The molecule has 2 heterocycles. The van der Waals surface area contributed by atoms with Gasteiger partial charge >= 0.3 is 0 Å². The summed E-state index contributed by atoms with van der Waals surface area (Å²) in [5.41, 5.74) is 4.19. The number of anilines is 1. The number of benzene rings is 1. The molecule has 22 heavy (non-hydrogen) atoms. The molecule has 0 atom stereocenters. The highest BCUT2D eigenvalue weighted by atomic mass is 15.3. The van der Waals surface area contributed by atoms with Crippen LogP contribution in [0.2, 0.25) is 0 Å². The van der Waals surface area contributed by atoms with Crippen molar-refractivity contribution >= 4 is 5.95 Å². The maximum Gasteiger partial charge on any atom is 0.225 e. The van der Waals surface area contributed by atoms with Crippen molar-refractivity contribution in [3.05, 3.63) is 59.9 Å². The third-order valence-corrected chi connectivity index (χ3v) is 3.63. The molecule has 0 radical (unpaired) electrons. The van der Waals surface area contributed by atoms with E-state index >= 15 is 0 Å². The van der Waals surface area contributed by atoms with E-state index in [9.17, 15) is 0 Å². The Labute approximate surface area is 130 Å². The SMILES string of the molecule is Cc1cnc(N(C)Cc2ccccc2)nc1-c1ccnn1C. The largest absolute Gasteiger partial charge is 0.340 e. The van der Waals surface area contributed by atoms with Crippen LogP contribution < -0.4 is 4.90 Å². The highest BCUT2D eigenvalue weighted by Gasteiger charge is 2.12. The van der Waals surface area contributed by atoms with Gasteiger partial charge in [0.05, 0.1) is 11.4 Å². The summed E-state index contributed by atoms with van der Waals surface area (Å²) < 4.78 is 1.83. The molecular weight excluding hydrogens is 274 g/mol. The van der Waals surface area contributed by atoms with Crippen LogP contribution in [-0.2, 0) is 13.6 Å². The lowest BCUT2D eigenvalue weighted by Crippen LogP contribution is -2.19. The van der Waals surface area contributed by atoms with Crippen molar-refractivity contribution in [3.8, 4) is 11.4 Å². The average molecular weight is 293 g/mol. The van der Waals surface area contributed by atoms with E-state index in [0.717, 1.165) is 23.5 Å². The Hall–Kier alpha value is -2.69. The van der Waals surface area contributed by atoms with Crippen LogP contribution in [0.15, 0.2) is 48.8 Å². The number of hydrogen-bond acceptors (Lipinski definition) is 4. The highest BCUT2D eigenvalue weighted by molar-refractivity contribution is 5.60. The molecule has 0 aliphatic rings. The van der Waals surface area contributed by atoms with E-state index in [1.165, 1.54) is 5.56 Å². The van der Waals surface area contributed by atoms with E-state index in [1.807, 2.05) is 56.2 Å². The first-order valence-corrected chi connectivity index (χ1v) is 7.22. The number of rotatable bonds is 4. The van der Waals surface area contributed by atoms with Crippen molar-refractivity contribution in [2.75, 3.05) is 11.9 Å². The molecule has 5 heteroatoms. The van der Waals surface area contributed by atoms with Gasteiger partial charge in [-0.25, -0.2) is 9.97 Å². The Morgan fingerprint density at radius 3 is 2.59 bits per heavy atom. The molecule has 3 rings (SSSR count). The summed E-state index contributed by atoms with van der Waals surface area (Å²) in [6.07, 6.45) is 3.65. The number of aryl methyl sites for hydroxylation is 2. The molecule has 0 spiro atoms. The fourth-order valence-electron chi connectivity index (χ4n) is 2.41. The van der Waals surface area contributed by atoms with Gasteiger partial charge in [0.2, 0.25) is 5.95 Å². The first-order valence-electron chi connectivity index (χ1n) is 7.22. The molecule has 0 amide bonds. The molecule has 112 valence electrons. The van der Waals surface area contributed by atoms with Gasteiger partial charge < -0.3 is 4.90 Å². The van der Waals surface area contributed by atoms with E-state index in [1.54, 1.807) is 6.20 Å². The van der Waals surface area contributed by atoms with Crippen molar-refractivity contribution in [1.82, 2.24) is 19.7 Å². The second-order valence-corrected chi connectivity index (χ2v) is 5.38. The van der Waals surface area contributed by atoms with Gasteiger partial charge in [-0.1, -0.05) is 30.3 Å². The standard InChI is InChI=1S/C17H19N5/c1-13-11-18-17(20-16(13)15-9-10-19-22(15)3)21(2)12-14-7-5-4-6-8-14/h4-11H,12H2,1-3H3. The van der Waals surface area contributed by atoms with E-state index in [4.69, 9.17) is 4.98 Å². The normalized spacial score (nSPS) is 10.7. The third-order valence-electron chi connectivity index (χ3n) is 3.63. The third kappa shape index (κ3) is 2.83. The summed E-state index contributed by atoms with van der Waals surface area (Å²) in [5, 5.41) is 4.22. The van der Waals surface area contributed by atoms with Gasteiger partial charge in [0.15, 0.2) is 0 Å². The van der Waals surface area contributed by atoms with Crippen molar-refractivity contribution in [2.24, 2.45) is 7.05 Å². The summed E-state index contributed by atoms with van der Waals surface area (Å²) in [6, 6.07) is 12.3. The minimum absolute atomic E-state index is 0.714. The van der Waals surface area contributed by atoms with Crippen LogP contribution in [-0.4, -0.2) is 26.8 Å². The molecule has 0 bridgehead atoms. The quantitative estimate of drug-likeness (QED) is 0.742. The lowest BCUT2D eigenvalue weighted by molar-refractivity contribution is 0.770. The first-order chi connectivity index (χ1) is 10.6. The summed E-state index contributed by atoms with van der Waals surface area (Å²) >= 11 is 0. The number of nitrogens with zero attached hydrogens (tertiary/aromatic N) is 5. The van der Waals surface area contributed by atoms with Crippen molar-refractivity contribution in [2.45, 2.75) is 13.5 Å². The average Bonchev–Trinajstić information content (AvgIpc) is 2.94. The van der Waals surface area contributed by atoms with Gasteiger partial charge in [0.1, 0.15) is 0 Å². The summed E-state index contributed by atoms with van der Waals surface area (Å²) in [5.74, 6) is 0.714. The molecule has 0 fully saturated rings. The number of hydrogen-bond donors (Lipinski definition) is 0. The summed E-state index contributed by atoms with van der Waals surface area (Å²) in [7, 11) is 3.93. The fraction of sp³-hybridized carbons (Fsp3) is 0.235. The van der Waals surface area contributed by atoms with Crippen LogP contribution in [0.4, 0.5) is 5.95 Å². The summed E-state index contributed by atoms with van der Waals surface area (Å²) in [4.78, 5) is 11.2. The number of aromatic nitrogens is 4. The van der Waals surface area contributed by atoms with E-state index < -0.39 is 0 Å². The Morgan fingerprint density at radius 1 is 1.14 bits per heavy atom. The Bertz CT molecular complexity index is 764. The van der Waals surface area contributed by atoms with Crippen LogP contribution in [0.3, 0.4) is 0 Å². The molecule has 5 nitrogen and oxygen atoms in total. The predicted octanol–water partition coefficient (Wildman–Crippen LogP) is 2.82. The fourth-order valence-corrected chi connectivity index (χ4v) is 2.41. The molecule has 0 unspecified atom stereocenters. The Morgan fingerprint density at radius 2 is 1.91 bits per heavy atom. The molecule has 0 saturated heterocycles. The minimum atomic E-state index is 0.714. The monoisotopic (exact) mass is 293 g/mol. The maximum absolute atomic E-state index is 4.73. The molecular formula is C17H19N5. The molecule has 0 N–H and O–H groups in total. The van der Waals surface area contributed by atoms with Gasteiger partial charge in [-0.3, -0.25) is 4.68 Å². The Kier molecular flexibility index (Phi) is 3.87. The van der Waals surface area contributed by atoms with Crippen LogP contribution in [0.1, 0.15) is 11.1 Å². The Balaban J connectivity index is 1.90. The maximum atomic E-state index is 4.73. The van der Waals surface area contributed by atoms with Gasteiger partial charge in [0, 0.05) is 33.0 Å². The van der Waals surface area contributed by atoms with Crippen molar-refractivity contribution in [3.63, 3.8) is 0 Å². The lowest BCUT2D eigenvalue weighted by atomic mass is 10.2. The van der Waals surface area contributed by atoms with Gasteiger partial charge in [0.25, 0.3) is 0 Å². The van der Waals surface area contributed by atoms with Crippen LogP contribution in [0.5, 0.6) is 0 Å². The summed E-state index contributed by atoms with van der Waals surface area (Å²) in [6.45, 7) is 2.79. The molecule has 0 aliphatic heterocycles. The zero-order chi connectivity index (χ0) is 15.5. The minimum Gasteiger partial charge on any atom is -0.340 e. The molecule has 0 saturated carbocycles. The van der Waals surface area contributed by atoms with Gasteiger partial charge in [-0.05, 0) is 24.1 Å². The van der Waals surface area contributed by atoms with E-state index in [-0.39, 0.29) is 0 Å². The molecule has 3 aromatic rings. The highest BCUT2D eigenvalue weighted by Crippen LogP contribution is 2.22. The van der Waals surface area contributed by atoms with Crippen molar-refractivity contribution < 1.29 is 0 Å². The predicted molar refractivity (Wildman–Crippen MR) is 87.5 cm³/mol. The smallest absolute Gasteiger partial charge is 0.225 e. The van der Waals surface area contributed by atoms with Gasteiger partial charge in [-0.2, -0.15) is 5.10 Å². The van der Waals surface area contributed by atoms with Crippen LogP contribution in [0, 0.1) is 6.92 Å². The second kappa shape index (κ2) is 5.97. The topological polar surface area (TPSA) is 46.8 Å². The lowest BCUT2D eigenvalue weighted by Gasteiger charge is -2.18. The van der Waals surface area contributed by atoms with Crippen LogP contribution >= 0.6 is 0 Å². The van der Waals surface area contributed by atoms with E-state index in [2.05, 4.69) is 27.1 Å².